The molecular weight excluding hydrogens is 388 g/mol. The summed E-state index contributed by atoms with van der Waals surface area (Å²) >= 11 is 5.82. The van der Waals surface area contributed by atoms with E-state index < -0.39 is 16.1 Å². The molecule has 2 N–H and O–H groups in total. The van der Waals surface area contributed by atoms with Gasteiger partial charge in [-0.15, -0.1) is 0 Å². The Balaban J connectivity index is 1.98. The number of amides is 1. The molecule has 0 radical (unpaired) electrons. The largest absolute Gasteiger partial charge is 0.481 e. The van der Waals surface area contributed by atoms with Gasteiger partial charge >= 0.3 is 0 Å². The van der Waals surface area contributed by atoms with Gasteiger partial charge in [0.05, 0.1) is 4.90 Å². The van der Waals surface area contributed by atoms with E-state index in [0.717, 1.165) is 5.56 Å². The third-order valence-electron chi connectivity index (χ3n) is 3.63. The van der Waals surface area contributed by atoms with Crippen molar-refractivity contribution in [3.8, 4) is 5.75 Å². The summed E-state index contributed by atoms with van der Waals surface area (Å²) in [6, 6.07) is 12.9. The van der Waals surface area contributed by atoms with Crippen LogP contribution in [0, 0.1) is 0 Å². The summed E-state index contributed by atoms with van der Waals surface area (Å²) in [5, 5.41) is 3.35. The Morgan fingerprint density at radius 3 is 2.19 bits per heavy atom. The maximum absolute atomic E-state index is 12.4. The predicted molar refractivity (Wildman–Crippen MR) is 105 cm³/mol. The fraction of sp³-hybridized carbons (Fsp3) is 0.316. The van der Waals surface area contributed by atoms with Gasteiger partial charge in [0.25, 0.3) is 5.91 Å². The highest BCUT2D eigenvalue weighted by Crippen LogP contribution is 2.18. The summed E-state index contributed by atoms with van der Waals surface area (Å²) in [7, 11) is -3.66. The molecule has 27 heavy (non-hydrogen) atoms. The second kappa shape index (κ2) is 9.21. The predicted octanol–water partition coefficient (Wildman–Crippen LogP) is 3.11. The molecule has 0 aliphatic heterocycles. The maximum Gasteiger partial charge on any atom is 0.260 e. The summed E-state index contributed by atoms with van der Waals surface area (Å²) in [6.45, 7) is 5.52. The Hall–Kier alpha value is -2.09. The van der Waals surface area contributed by atoms with Crippen molar-refractivity contribution in [3.05, 3.63) is 59.1 Å². The van der Waals surface area contributed by atoms with E-state index in [-0.39, 0.29) is 23.4 Å². The zero-order valence-electron chi connectivity index (χ0n) is 15.4. The molecule has 1 amide bonds. The fourth-order valence-corrected chi connectivity index (χ4v) is 3.36. The number of ether oxygens (including phenoxy) is 1. The number of sulfonamides is 1. The molecule has 2 aromatic rings. The number of hydrogen-bond acceptors (Lipinski definition) is 4. The highest BCUT2D eigenvalue weighted by molar-refractivity contribution is 7.89. The number of nitrogens with one attached hydrogen (secondary N) is 2. The third kappa shape index (κ3) is 6.53. The molecule has 0 saturated heterocycles. The number of halogens is 1. The average Bonchev–Trinajstić information content (AvgIpc) is 2.61. The van der Waals surface area contributed by atoms with Crippen molar-refractivity contribution in [1.82, 2.24) is 10.0 Å². The molecule has 0 aliphatic carbocycles. The van der Waals surface area contributed by atoms with Gasteiger partial charge in [0.2, 0.25) is 10.0 Å². The van der Waals surface area contributed by atoms with Gasteiger partial charge < -0.3 is 10.1 Å². The van der Waals surface area contributed by atoms with Crippen molar-refractivity contribution in [3.63, 3.8) is 0 Å². The van der Waals surface area contributed by atoms with E-state index in [1.807, 2.05) is 13.8 Å². The van der Waals surface area contributed by atoms with Crippen LogP contribution in [-0.4, -0.2) is 26.5 Å². The summed E-state index contributed by atoms with van der Waals surface area (Å²) in [5.74, 6) is 0.185. The molecule has 0 saturated carbocycles. The lowest BCUT2D eigenvalue weighted by molar-refractivity contribution is -0.127. The molecular formula is C19H23ClN2O4S. The topological polar surface area (TPSA) is 84.5 Å². The molecule has 0 spiro atoms. The number of benzene rings is 2. The van der Waals surface area contributed by atoms with Gasteiger partial charge in [0.1, 0.15) is 5.75 Å². The summed E-state index contributed by atoms with van der Waals surface area (Å²) < 4.78 is 32.9. The van der Waals surface area contributed by atoms with Crippen molar-refractivity contribution < 1.29 is 17.9 Å². The van der Waals surface area contributed by atoms with Crippen molar-refractivity contribution in [2.24, 2.45) is 0 Å². The van der Waals surface area contributed by atoms with Crippen LogP contribution in [0.3, 0.4) is 0 Å². The van der Waals surface area contributed by atoms with Crippen LogP contribution in [0.15, 0.2) is 53.4 Å². The number of rotatable bonds is 8. The van der Waals surface area contributed by atoms with E-state index in [2.05, 4.69) is 10.0 Å². The number of carbonyl (C=O) groups is 1. The van der Waals surface area contributed by atoms with Gasteiger partial charge in [-0.2, -0.15) is 0 Å². The van der Waals surface area contributed by atoms with E-state index in [1.165, 1.54) is 24.3 Å². The monoisotopic (exact) mass is 410 g/mol. The van der Waals surface area contributed by atoms with Crippen LogP contribution < -0.4 is 14.8 Å². The second-order valence-electron chi connectivity index (χ2n) is 6.35. The maximum atomic E-state index is 12.4. The lowest BCUT2D eigenvalue weighted by Crippen LogP contribution is -2.40. The molecule has 0 heterocycles. The summed E-state index contributed by atoms with van der Waals surface area (Å²) in [4.78, 5) is 12.0. The van der Waals surface area contributed by atoms with E-state index >= 15 is 0 Å². The Labute approximate surface area is 164 Å². The first-order valence-electron chi connectivity index (χ1n) is 8.48. The van der Waals surface area contributed by atoms with E-state index in [9.17, 15) is 13.2 Å². The van der Waals surface area contributed by atoms with Crippen LogP contribution in [0.2, 0.25) is 5.02 Å². The zero-order valence-corrected chi connectivity index (χ0v) is 17.0. The molecule has 0 aromatic heterocycles. The van der Waals surface area contributed by atoms with Crippen molar-refractivity contribution in [2.75, 3.05) is 0 Å². The Kier molecular flexibility index (Phi) is 7.24. The molecule has 146 valence electrons. The minimum atomic E-state index is -3.66. The first-order valence-corrected chi connectivity index (χ1v) is 10.3. The van der Waals surface area contributed by atoms with Crippen LogP contribution in [0.25, 0.3) is 0 Å². The van der Waals surface area contributed by atoms with E-state index in [1.54, 1.807) is 31.2 Å². The van der Waals surface area contributed by atoms with Crippen molar-refractivity contribution >= 4 is 27.5 Å². The average molecular weight is 411 g/mol. The van der Waals surface area contributed by atoms with Crippen LogP contribution >= 0.6 is 11.6 Å². The van der Waals surface area contributed by atoms with Gasteiger partial charge in [-0.3, -0.25) is 4.79 Å². The zero-order chi connectivity index (χ0) is 20.0. The van der Waals surface area contributed by atoms with Crippen LogP contribution in [-0.2, 0) is 21.4 Å². The first-order chi connectivity index (χ1) is 12.7. The molecule has 8 heteroatoms. The second-order valence-corrected chi connectivity index (χ2v) is 8.55. The molecule has 0 fully saturated rings. The molecule has 0 unspecified atom stereocenters. The quantitative estimate of drug-likeness (QED) is 0.700. The molecule has 2 aromatic carbocycles. The SMILES string of the molecule is CC(C)NC(=O)[C@H](C)Oc1ccc(S(=O)(=O)NCc2ccc(Cl)cc2)cc1. The summed E-state index contributed by atoms with van der Waals surface area (Å²) in [6.07, 6.45) is -0.683. The van der Waals surface area contributed by atoms with Crippen molar-refractivity contribution in [2.45, 2.75) is 44.4 Å². The van der Waals surface area contributed by atoms with Gasteiger partial charge in [-0.25, -0.2) is 13.1 Å². The molecule has 1 atom stereocenters. The first kappa shape index (κ1) is 21.2. The van der Waals surface area contributed by atoms with Gasteiger partial charge in [-0.05, 0) is 62.7 Å². The van der Waals surface area contributed by atoms with E-state index in [0.29, 0.717) is 10.8 Å². The normalized spacial score (nSPS) is 12.6. The molecule has 6 nitrogen and oxygen atoms in total. The number of carbonyl (C=O) groups excluding carboxylic acids is 1. The van der Waals surface area contributed by atoms with Crippen molar-refractivity contribution in [1.29, 1.82) is 0 Å². The van der Waals surface area contributed by atoms with Gasteiger partial charge in [0.15, 0.2) is 6.10 Å². The smallest absolute Gasteiger partial charge is 0.260 e. The van der Waals surface area contributed by atoms with Crippen LogP contribution in [0.5, 0.6) is 5.75 Å². The standard InChI is InChI=1S/C19H23ClN2O4S/c1-13(2)22-19(23)14(3)26-17-8-10-18(11-9-17)27(24,25)21-12-15-4-6-16(20)7-5-15/h4-11,13-14,21H,12H2,1-3H3,(H,22,23)/t14-/m0/s1. The van der Waals surface area contributed by atoms with Gasteiger partial charge in [-0.1, -0.05) is 23.7 Å². The highest BCUT2D eigenvalue weighted by atomic mass is 35.5. The Morgan fingerprint density at radius 1 is 1.04 bits per heavy atom. The number of hydrogen-bond donors (Lipinski definition) is 2. The lowest BCUT2D eigenvalue weighted by Gasteiger charge is -2.16. The van der Waals surface area contributed by atoms with Crippen LogP contribution in [0.4, 0.5) is 0 Å². The molecule has 0 aliphatic rings. The van der Waals surface area contributed by atoms with Crippen LogP contribution in [0.1, 0.15) is 26.3 Å². The molecule has 2 rings (SSSR count). The highest BCUT2D eigenvalue weighted by Gasteiger charge is 2.17. The molecule has 0 bridgehead atoms. The summed E-state index contributed by atoms with van der Waals surface area (Å²) in [5.41, 5.74) is 0.799. The van der Waals surface area contributed by atoms with Gasteiger partial charge in [0, 0.05) is 17.6 Å². The minimum Gasteiger partial charge on any atom is -0.481 e. The van der Waals surface area contributed by atoms with E-state index in [4.69, 9.17) is 16.3 Å². The Morgan fingerprint density at radius 2 is 1.63 bits per heavy atom. The Bertz CT molecular complexity index is 866. The lowest BCUT2D eigenvalue weighted by atomic mass is 10.2. The minimum absolute atomic E-state index is 0.0165. The third-order valence-corrected chi connectivity index (χ3v) is 5.30. The fourth-order valence-electron chi connectivity index (χ4n) is 2.22.